The quantitative estimate of drug-likeness (QED) is 0.784. The Balaban J connectivity index is 1.80. The highest BCUT2D eigenvalue weighted by Gasteiger charge is 2.33. The average molecular weight is 388 g/mol. The Bertz CT molecular complexity index is 678. The van der Waals surface area contributed by atoms with E-state index in [1.165, 1.54) is 0 Å². The van der Waals surface area contributed by atoms with Gasteiger partial charge in [0.15, 0.2) is 0 Å². The Morgan fingerprint density at radius 2 is 1.91 bits per heavy atom. The van der Waals surface area contributed by atoms with Crippen LogP contribution in [0.25, 0.3) is 0 Å². The van der Waals surface area contributed by atoms with Gasteiger partial charge in [0, 0.05) is 17.2 Å². The lowest BCUT2D eigenvalue weighted by atomic mass is 10.1. The number of hydrogen-bond acceptors (Lipinski definition) is 4. The van der Waals surface area contributed by atoms with E-state index in [0.717, 1.165) is 22.3 Å². The zero-order valence-electron chi connectivity index (χ0n) is 11.9. The maximum absolute atomic E-state index is 12.8. The number of morpholine rings is 1. The Hall–Kier alpha value is -1.67. The molecule has 23 heavy (non-hydrogen) atoms. The summed E-state index contributed by atoms with van der Waals surface area (Å²) in [5, 5.41) is 0. The normalized spacial score (nSPS) is 19.0. The summed E-state index contributed by atoms with van der Waals surface area (Å²) in [6.45, 7) is 1.26. The fourth-order valence-corrected chi connectivity index (χ4v) is 2.63. The molecule has 0 spiro atoms. The van der Waals surface area contributed by atoms with Crippen LogP contribution in [-0.4, -0.2) is 29.7 Å². The van der Waals surface area contributed by atoms with Crippen molar-refractivity contribution in [1.82, 2.24) is 9.97 Å². The number of ether oxygens (including phenoxy) is 1. The molecule has 0 bridgehead atoms. The first-order valence-corrected chi connectivity index (χ1v) is 7.75. The summed E-state index contributed by atoms with van der Waals surface area (Å²) >= 11 is 3.37. The topological polar surface area (TPSA) is 38.2 Å². The molecule has 0 N–H and O–H groups in total. The zero-order chi connectivity index (χ0) is 16.4. The molecular formula is C15H13BrF3N3O. The smallest absolute Gasteiger partial charge is 0.370 e. The van der Waals surface area contributed by atoms with Crippen LogP contribution in [0.2, 0.25) is 0 Å². The highest BCUT2D eigenvalue weighted by atomic mass is 79.9. The SMILES string of the molecule is FC(F)(F)c1ccnc(N2CCOC(c3ccc(Br)cc3)C2)n1. The summed E-state index contributed by atoms with van der Waals surface area (Å²) in [5.74, 6) is 0.0743. The summed E-state index contributed by atoms with van der Waals surface area (Å²) in [4.78, 5) is 9.32. The molecule has 1 aromatic carbocycles. The lowest BCUT2D eigenvalue weighted by Crippen LogP contribution is -2.39. The first-order chi connectivity index (χ1) is 10.9. The summed E-state index contributed by atoms with van der Waals surface area (Å²) in [7, 11) is 0. The second-order valence-electron chi connectivity index (χ2n) is 5.10. The molecule has 1 aromatic heterocycles. The van der Waals surface area contributed by atoms with E-state index >= 15 is 0 Å². The number of nitrogens with zero attached hydrogens (tertiary/aromatic N) is 3. The number of alkyl halides is 3. The van der Waals surface area contributed by atoms with Gasteiger partial charge in [0.25, 0.3) is 0 Å². The molecule has 1 fully saturated rings. The molecule has 1 saturated heterocycles. The van der Waals surface area contributed by atoms with Crippen LogP contribution >= 0.6 is 15.9 Å². The number of benzene rings is 1. The summed E-state index contributed by atoms with van der Waals surface area (Å²) < 4.78 is 45.0. The van der Waals surface area contributed by atoms with E-state index in [2.05, 4.69) is 25.9 Å². The number of anilines is 1. The van der Waals surface area contributed by atoms with Gasteiger partial charge in [-0.25, -0.2) is 9.97 Å². The second-order valence-corrected chi connectivity index (χ2v) is 6.01. The number of rotatable bonds is 2. The van der Waals surface area contributed by atoms with Gasteiger partial charge in [0.05, 0.1) is 13.2 Å². The van der Waals surface area contributed by atoms with Crippen molar-refractivity contribution >= 4 is 21.9 Å². The molecule has 0 saturated carbocycles. The van der Waals surface area contributed by atoms with E-state index in [0.29, 0.717) is 19.7 Å². The predicted octanol–water partition coefficient (Wildman–Crippen LogP) is 3.84. The standard InChI is InChI=1S/C15H13BrF3N3O/c16-11-3-1-10(2-4-11)12-9-22(7-8-23-12)14-20-6-5-13(21-14)15(17,18)19/h1-6,12H,7-9H2. The Labute approximate surface area is 139 Å². The van der Waals surface area contributed by atoms with Gasteiger partial charge in [0.2, 0.25) is 5.95 Å². The van der Waals surface area contributed by atoms with Gasteiger partial charge in [0.1, 0.15) is 11.8 Å². The molecule has 1 atom stereocenters. The van der Waals surface area contributed by atoms with Crippen molar-refractivity contribution in [2.24, 2.45) is 0 Å². The van der Waals surface area contributed by atoms with Gasteiger partial charge in [-0.1, -0.05) is 28.1 Å². The minimum atomic E-state index is -4.48. The second kappa shape index (κ2) is 6.45. The van der Waals surface area contributed by atoms with Crippen molar-refractivity contribution in [1.29, 1.82) is 0 Å². The van der Waals surface area contributed by atoms with Crippen LogP contribution in [0.15, 0.2) is 41.0 Å². The van der Waals surface area contributed by atoms with Gasteiger partial charge >= 0.3 is 6.18 Å². The van der Waals surface area contributed by atoms with E-state index in [1.54, 1.807) is 4.90 Å². The molecule has 1 unspecified atom stereocenters. The fourth-order valence-electron chi connectivity index (χ4n) is 2.37. The van der Waals surface area contributed by atoms with E-state index in [1.807, 2.05) is 24.3 Å². The van der Waals surface area contributed by atoms with Crippen LogP contribution in [-0.2, 0) is 10.9 Å². The molecule has 1 aliphatic heterocycles. The summed E-state index contributed by atoms with van der Waals surface area (Å²) in [6.07, 6.45) is -3.57. The van der Waals surface area contributed by atoms with Gasteiger partial charge in [-0.15, -0.1) is 0 Å². The molecule has 2 aromatic rings. The van der Waals surface area contributed by atoms with Crippen molar-refractivity contribution < 1.29 is 17.9 Å². The average Bonchev–Trinajstić information content (AvgIpc) is 2.55. The first kappa shape index (κ1) is 16.2. The molecule has 4 nitrogen and oxygen atoms in total. The maximum Gasteiger partial charge on any atom is 0.433 e. The molecule has 0 amide bonds. The van der Waals surface area contributed by atoms with E-state index in [9.17, 15) is 13.2 Å². The monoisotopic (exact) mass is 387 g/mol. The number of hydrogen-bond donors (Lipinski definition) is 0. The van der Waals surface area contributed by atoms with Gasteiger partial charge in [-0.05, 0) is 23.8 Å². The van der Waals surface area contributed by atoms with E-state index in [4.69, 9.17) is 4.74 Å². The van der Waals surface area contributed by atoms with Gasteiger partial charge in [-0.3, -0.25) is 0 Å². The zero-order valence-corrected chi connectivity index (χ0v) is 13.5. The molecule has 3 rings (SSSR count). The van der Waals surface area contributed by atoms with Gasteiger partial charge in [-0.2, -0.15) is 13.2 Å². The molecule has 0 radical (unpaired) electrons. The molecule has 0 aliphatic carbocycles. The van der Waals surface area contributed by atoms with Gasteiger partial charge < -0.3 is 9.64 Å². The number of halogens is 4. The van der Waals surface area contributed by atoms with Crippen LogP contribution < -0.4 is 4.90 Å². The predicted molar refractivity (Wildman–Crippen MR) is 82.1 cm³/mol. The Morgan fingerprint density at radius 3 is 2.61 bits per heavy atom. The van der Waals surface area contributed by atoms with Crippen molar-refractivity contribution in [3.63, 3.8) is 0 Å². The lowest BCUT2D eigenvalue weighted by Gasteiger charge is -2.33. The fraction of sp³-hybridized carbons (Fsp3) is 0.333. The minimum absolute atomic E-state index is 0.0743. The lowest BCUT2D eigenvalue weighted by molar-refractivity contribution is -0.141. The maximum atomic E-state index is 12.8. The highest BCUT2D eigenvalue weighted by molar-refractivity contribution is 9.10. The van der Waals surface area contributed by atoms with E-state index < -0.39 is 11.9 Å². The third-order valence-corrected chi connectivity index (χ3v) is 4.05. The third kappa shape index (κ3) is 3.81. The summed E-state index contributed by atoms with van der Waals surface area (Å²) in [6, 6.07) is 8.52. The van der Waals surface area contributed by atoms with Crippen molar-refractivity contribution in [3.8, 4) is 0 Å². The van der Waals surface area contributed by atoms with Crippen LogP contribution in [0.5, 0.6) is 0 Å². The van der Waals surface area contributed by atoms with Crippen LogP contribution in [0.1, 0.15) is 17.4 Å². The molecule has 2 heterocycles. The third-order valence-electron chi connectivity index (χ3n) is 3.52. The van der Waals surface area contributed by atoms with Crippen LogP contribution in [0.3, 0.4) is 0 Å². The number of aromatic nitrogens is 2. The van der Waals surface area contributed by atoms with Crippen LogP contribution in [0, 0.1) is 0 Å². The van der Waals surface area contributed by atoms with Crippen molar-refractivity contribution in [2.75, 3.05) is 24.6 Å². The van der Waals surface area contributed by atoms with Crippen LogP contribution in [0.4, 0.5) is 19.1 Å². The summed E-state index contributed by atoms with van der Waals surface area (Å²) in [5.41, 5.74) is 0.0269. The molecule has 8 heteroatoms. The Morgan fingerprint density at radius 1 is 1.17 bits per heavy atom. The Kier molecular flexibility index (Phi) is 4.54. The first-order valence-electron chi connectivity index (χ1n) is 6.96. The molecular weight excluding hydrogens is 375 g/mol. The van der Waals surface area contributed by atoms with Crippen molar-refractivity contribution in [2.45, 2.75) is 12.3 Å². The molecule has 122 valence electrons. The van der Waals surface area contributed by atoms with E-state index in [-0.39, 0.29) is 12.1 Å². The largest absolute Gasteiger partial charge is 0.433 e. The van der Waals surface area contributed by atoms with Crippen molar-refractivity contribution in [3.05, 3.63) is 52.3 Å². The highest BCUT2D eigenvalue weighted by Crippen LogP contribution is 2.30. The minimum Gasteiger partial charge on any atom is -0.370 e. The molecule has 1 aliphatic rings.